The number of allylic oxidation sites excluding steroid dienone is 1. The van der Waals surface area contributed by atoms with Crippen molar-refractivity contribution >= 4 is 29.3 Å². The van der Waals surface area contributed by atoms with E-state index >= 15 is 0 Å². The smallest absolute Gasteiger partial charge is 0.225 e. The van der Waals surface area contributed by atoms with Crippen molar-refractivity contribution in [2.24, 2.45) is 0 Å². The van der Waals surface area contributed by atoms with Gasteiger partial charge in [0.05, 0.1) is 16.7 Å². The first-order valence-electron chi connectivity index (χ1n) is 10.2. The van der Waals surface area contributed by atoms with Crippen molar-refractivity contribution in [2.75, 3.05) is 0 Å². The van der Waals surface area contributed by atoms with Crippen LogP contribution >= 0.6 is 23.4 Å². The Bertz CT molecular complexity index is 1150. The highest BCUT2D eigenvalue weighted by atomic mass is 35.5. The molecule has 32 heavy (non-hydrogen) atoms. The molecule has 1 amide bonds. The molecule has 6 heteroatoms. The van der Waals surface area contributed by atoms with Crippen molar-refractivity contribution in [1.29, 1.82) is 5.26 Å². The van der Waals surface area contributed by atoms with Crippen LogP contribution in [0.1, 0.15) is 29.0 Å². The quantitative estimate of drug-likeness (QED) is 0.456. The minimum absolute atomic E-state index is 0.0861. The largest absolute Gasteiger partial charge is 0.489 e. The molecule has 1 atom stereocenters. The van der Waals surface area contributed by atoms with Gasteiger partial charge in [0.15, 0.2) is 0 Å². The summed E-state index contributed by atoms with van der Waals surface area (Å²) < 4.78 is 5.86. The van der Waals surface area contributed by atoms with Gasteiger partial charge in [-0.25, -0.2) is 0 Å². The molecule has 3 aromatic rings. The van der Waals surface area contributed by atoms with Gasteiger partial charge >= 0.3 is 0 Å². The number of ether oxygens (including phenoxy) is 1. The van der Waals surface area contributed by atoms with Crippen molar-refractivity contribution < 1.29 is 9.53 Å². The van der Waals surface area contributed by atoms with Gasteiger partial charge in [-0.2, -0.15) is 5.26 Å². The Balaban J connectivity index is 1.48. The standard InChI is InChI=1S/C26H21ClN2O2S/c27-21-10-6-19(7-11-21)17-32-26-24(15-28)23(14-25(30)29-26)20-8-12-22(13-9-20)31-16-18-4-2-1-3-5-18/h1-13,23H,14,16-17H2,(H,29,30)/t23-/m0/s1. The maximum absolute atomic E-state index is 12.4. The van der Waals surface area contributed by atoms with Crippen molar-refractivity contribution in [1.82, 2.24) is 5.32 Å². The van der Waals surface area contributed by atoms with Crippen molar-refractivity contribution in [2.45, 2.75) is 24.7 Å². The average Bonchev–Trinajstić information content (AvgIpc) is 2.83. The molecule has 4 nitrogen and oxygen atoms in total. The Morgan fingerprint density at radius 3 is 2.41 bits per heavy atom. The Hall–Kier alpha value is -3.20. The Kier molecular flexibility index (Phi) is 7.16. The summed E-state index contributed by atoms with van der Waals surface area (Å²) in [5.74, 6) is 1.02. The summed E-state index contributed by atoms with van der Waals surface area (Å²) in [6.07, 6.45) is 0.248. The first-order chi connectivity index (χ1) is 15.6. The van der Waals surface area contributed by atoms with Gasteiger partial charge in [0.1, 0.15) is 12.4 Å². The SMILES string of the molecule is N#CC1=C(SCc2ccc(Cl)cc2)NC(=O)C[C@H]1c1ccc(OCc2ccccc2)cc1. The van der Waals surface area contributed by atoms with Crippen molar-refractivity contribution in [3.8, 4) is 11.8 Å². The third-order valence-corrected chi connectivity index (χ3v) is 6.52. The second kappa shape index (κ2) is 10.4. The molecule has 0 unspecified atom stereocenters. The van der Waals surface area contributed by atoms with Crippen LogP contribution in [0.4, 0.5) is 0 Å². The number of carbonyl (C=O) groups excluding carboxylic acids is 1. The highest BCUT2D eigenvalue weighted by molar-refractivity contribution is 8.02. The van der Waals surface area contributed by atoms with Crippen LogP contribution in [0.25, 0.3) is 0 Å². The van der Waals surface area contributed by atoms with Gasteiger partial charge in [-0.05, 0) is 41.0 Å². The summed E-state index contributed by atoms with van der Waals surface area (Å²) in [6.45, 7) is 0.487. The third kappa shape index (κ3) is 5.53. The molecule has 0 bridgehead atoms. The van der Waals surface area contributed by atoms with Gasteiger partial charge < -0.3 is 10.1 Å². The average molecular weight is 461 g/mol. The Morgan fingerprint density at radius 1 is 1.00 bits per heavy atom. The predicted molar refractivity (Wildman–Crippen MR) is 128 cm³/mol. The molecule has 0 aromatic heterocycles. The molecule has 1 heterocycles. The second-order valence-electron chi connectivity index (χ2n) is 7.42. The fraction of sp³-hybridized carbons (Fsp3) is 0.154. The topological polar surface area (TPSA) is 62.1 Å². The van der Waals surface area contributed by atoms with Crippen molar-refractivity contribution in [3.63, 3.8) is 0 Å². The minimum atomic E-state index is -0.273. The van der Waals surface area contributed by atoms with Gasteiger partial charge in [-0.3, -0.25) is 4.79 Å². The fourth-order valence-corrected chi connectivity index (χ4v) is 4.65. The van der Waals surface area contributed by atoms with E-state index in [1.165, 1.54) is 11.8 Å². The number of hydrogen-bond donors (Lipinski definition) is 1. The number of halogens is 1. The number of rotatable bonds is 7. The molecule has 1 aliphatic rings. The molecule has 0 saturated heterocycles. The van der Waals surface area contributed by atoms with Crippen LogP contribution in [0.3, 0.4) is 0 Å². The van der Waals surface area contributed by atoms with Crippen LogP contribution in [-0.2, 0) is 17.2 Å². The number of thioether (sulfide) groups is 1. The van der Waals surface area contributed by atoms with E-state index in [0.29, 0.717) is 28.0 Å². The number of hydrogen-bond acceptors (Lipinski definition) is 4. The first kappa shape index (κ1) is 22.0. The molecule has 0 aliphatic carbocycles. The third-order valence-electron chi connectivity index (χ3n) is 5.18. The summed E-state index contributed by atoms with van der Waals surface area (Å²) in [7, 11) is 0. The van der Waals surface area contributed by atoms with Gasteiger partial charge in [0.25, 0.3) is 0 Å². The monoisotopic (exact) mass is 460 g/mol. The van der Waals surface area contributed by atoms with Gasteiger partial charge in [0, 0.05) is 23.1 Å². The fourth-order valence-electron chi connectivity index (χ4n) is 3.49. The molecule has 0 radical (unpaired) electrons. The molecule has 1 aliphatic heterocycles. The van der Waals surface area contributed by atoms with Gasteiger partial charge in [-0.15, -0.1) is 11.8 Å². The van der Waals surface area contributed by atoms with Crippen LogP contribution < -0.4 is 10.1 Å². The van der Waals surface area contributed by atoms with E-state index in [1.807, 2.05) is 78.9 Å². The van der Waals surface area contributed by atoms with E-state index in [9.17, 15) is 10.1 Å². The lowest BCUT2D eigenvalue weighted by atomic mass is 9.87. The van der Waals surface area contributed by atoms with Gasteiger partial charge in [-0.1, -0.05) is 66.2 Å². The highest BCUT2D eigenvalue weighted by Crippen LogP contribution is 2.37. The molecule has 1 N–H and O–H groups in total. The zero-order valence-corrected chi connectivity index (χ0v) is 18.8. The summed E-state index contributed by atoms with van der Waals surface area (Å²) in [6, 6.07) is 27.5. The van der Waals surface area contributed by atoms with Crippen LogP contribution in [0, 0.1) is 11.3 Å². The molecule has 160 valence electrons. The summed E-state index contributed by atoms with van der Waals surface area (Å²) in [4.78, 5) is 12.4. The Morgan fingerprint density at radius 2 is 1.72 bits per heavy atom. The zero-order chi connectivity index (χ0) is 22.3. The summed E-state index contributed by atoms with van der Waals surface area (Å²) in [5, 5.41) is 14.0. The highest BCUT2D eigenvalue weighted by Gasteiger charge is 2.29. The maximum Gasteiger partial charge on any atom is 0.225 e. The summed E-state index contributed by atoms with van der Waals surface area (Å²) >= 11 is 7.41. The number of benzene rings is 3. The molecular formula is C26H21ClN2O2S. The second-order valence-corrected chi connectivity index (χ2v) is 8.84. The van der Waals surface area contributed by atoms with E-state index < -0.39 is 0 Å². The predicted octanol–water partition coefficient (Wildman–Crippen LogP) is 6.19. The van der Waals surface area contributed by atoms with Crippen LogP contribution in [0.5, 0.6) is 5.75 Å². The molecule has 0 fully saturated rings. The number of nitrogens with zero attached hydrogens (tertiary/aromatic N) is 1. The number of carbonyl (C=O) groups is 1. The van der Waals surface area contributed by atoms with E-state index in [2.05, 4.69) is 11.4 Å². The van der Waals surface area contributed by atoms with Crippen LogP contribution in [-0.4, -0.2) is 5.91 Å². The summed E-state index contributed by atoms with van der Waals surface area (Å²) in [5.41, 5.74) is 3.67. The van der Waals surface area contributed by atoms with Crippen molar-refractivity contribution in [3.05, 3.63) is 111 Å². The molecule has 0 saturated carbocycles. The maximum atomic E-state index is 12.4. The first-order valence-corrected chi connectivity index (χ1v) is 11.6. The number of nitrogens with one attached hydrogen (secondary N) is 1. The zero-order valence-electron chi connectivity index (χ0n) is 17.3. The molecule has 4 rings (SSSR count). The lowest BCUT2D eigenvalue weighted by Gasteiger charge is -2.25. The van der Waals surface area contributed by atoms with E-state index in [1.54, 1.807) is 0 Å². The molecule has 3 aromatic carbocycles. The minimum Gasteiger partial charge on any atom is -0.489 e. The number of amides is 1. The lowest BCUT2D eigenvalue weighted by molar-refractivity contribution is -0.120. The molecule has 0 spiro atoms. The Labute approximate surface area is 196 Å². The van der Waals surface area contributed by atoms with Crippen LogP contribution in [0.15, 0.2) is 89.5 Å². The van der Waals surface area contributed by atoms with Gasteiger partial charge in [0.2, 0.25) is 5.91 Å². The molecular weight excluding hydrogens is 440 g/mol. The van der Waals surface area contributed by atoms with Crippen LogP contribution in [0.2, 0.25) is 5.02 Å². The normalized spacial score (nSPS) is 15.8. The van der Waals surface area contributed by atoms with E-state index in [0.717, 1.165) is 22.4 Å². The van der Waals surface area contributed by atoms with E-state index in [-0.39, 0.29) is 18.2 Å². The number of nitriles is 1. The van der Waals surface area contributed by atoms with E-state index in [4.69, 9.17) is 16.3 Å². The lowest BCUT2D eigenvalue weighted by Crippen LogP contribution is -2.30.